The molecule has 1 heterocycles. The number of hydrogen-bond donors (Lipinski definition) is 0. The van der Waals surface area contributed by atoms with Crippen LogP contribution in [0.1, 0.15) is 19.4 Å². The van der Waals surface area contributed by atoms with E-state index in [1.165, 1.54) is 5.01 Å². The highest BCUT2D eigenvalue weighted by Crippen LogP contribution is 2.27. The SMILES string of the molecule is CCN(CC[N+](C)(C)C)c1ccc(N2N=C(C)C(=Cc3ccc(OC)cc3)C2=O)cc1. The van der Waals surface area contributed by atoms with Crippen LogP contribution in [-0.2, 0) is 4.79 Å². The van der Waals surface area contributed by atoms with E-state index in [9.17, 15) is 4.79 Å². The second-order valence-corrected chi connectivity index (χ2v) is 8.74. The monoisotopic (exact) mass is 421 g/mol. The maximum atomic E-state index is 13.0. The van der Waals surface area contributed by atoms with Gasteiger partial charge in [-0.3, -0.25) is 4.79 Å². The van der Waals surface area contributed by atoms with Crippen LogP contribution in [0.3, 0.4) is 0 Å². The molecule has 164 valence electrons. The Bertz CT molecular complexity index is 970. The van der Waals surface area contributed by atoms with Crippen LogP contribution in [0.25, 0.3) is 6.08 Å². The van der Waals surface area contributed by atoms with Crippen molar-refractivity contribution in [2.45, 2.75) is 13.8 Å². The lowest BCUT2D eigenvalue weighted by Gasteiger charge is -2.29. The van der Waals surface area contributed by atoms with E-state index in [1.807, 2.05) is 49.4 Å². The van der Waals surface area contributed by atoms with Gasteiger partial charge < -0.3 is 14.1 Å². The number of anilines is 2. The molecule has 0 unspecified atom stereocenters. The predicted molar refractivity (Wildman–Crippen MR) is 129 cm³/mol. The van der Waals surface area contributed by atoms with Crippen molar-refractivity contribution in [1.29, 1.82) is 0 Å². The summed E-state index contributed by atoms with van der Waals surface area (Å²) in [5.74, 6) is 0.674. The van der Waals surface area contributed by atoms with E-state index in [1.54, 1.807) is 7.11 Å². The molecule has 0 aliphatic carbocycles. The number of rotatable bonds is 8. The second-order valence-electron chi connectivity index (χ2n) is 8.74. The molecule has 1 aliphatic heterocycles. The van der Waals surface area contributed by atoms with E-state index in [4.69, 9.17) is 4.74 Å². The number of benzene rings is 2. The summed E-state index contributed by atoms with van der Waals surface area (Å²) in [6.45, 7) is 7.01. The smallest absolute Gasteiger partial charge is 0.280 e. The highest BCUT2D eigenvalue weighted by atomic mass is 16.5. The van der Waals surface area contributed by atoms with Crippen molar-refractivity contribution in [1.82, 2.24) is 0 Å². The molecule has 6 heteroatoms. The van der Waals surface area contributed by atoms with Gasteiger partial charge in [0.25, 0.3) is 5.91 Å². The number of carbonyl (C=O) groups is 1. The van der Waals surface area contributed by atoms with Crippen LogP contribution in [0.5, 0.6) is 5.75 Å². The summed E-state index contributed by atoms with van der Waals surface area (Å²) in [6.07, 6.45) is 1.87. The topological polar surface area (TPSA) is 45.1 Å². The van der Waals surface area contributed by atoms with Gasteiger partial charge in [0.05, 0.1) is 58.3 Å². The number of carbonyl (C=O) groups excluding carboxylic acids is 1. The fourth-order valence-electron chi connectivity index (χ4n) is 3.42. The second kappa shape index (κ2) is 9.35. The van der Waals surface area contributed by atoms with E-state index >= 15 is 0 Å². The molecule has 0 atom stereocenters. The Morgan fingerprint density at radius 3 is 2.26 bits per heavy atom. The predicted octanol–water partition coefficient (Wildman–Crippen LogP) is 4.03. The zero-order chi connectivity index (χ0) is 22.6. The number of quaternary nitrogens is 1. The van der Waals surface area contributed by atoms with Gasteiger partial charge in [0.2, 0.25) is 0 Å². The Balaban J connectivity index is 1.76. The van der Waals surface area contributed by atoms with Gasteiger partial charge in [0.15, 0.2) is 0 Å². The summed E-state index contributed by atoms with van der Waals surface area (Å²) in [7, 11) is 8.24. The summed E-state index contributed by atoms with van der Waals surface area (Å²) in [6, 6.07) is 15.7. The van der Waals surface area contributed by atoms with Crippen LogP contribution < -0.4 is 14.6 Å². The fourth-order valence-corrected chi connectivity index (χ4v) is 3.42. The number of amides is 1. The Kier molecular flexibility index (Phi) is 6.81. The normalized spacial score (nSPS) is 15.4. The Morgan fingerprint density at radius 2 is 1.71 bits per heavy atom. The van der Waals surface area contributed by atoms with Crippen molar-refractivity contribution in [3.8, 4) is 5.75 Å². The number of nitrogens with zero attached hydrogens (tertiary/aromatic N) is 4. The van der Waals surface area contributed by atoms with Gasteiger partial charge >= 0.3 is 0 Å². The van der Waals surface area contributed by atoms with Crippen molar-refractivity contribution < 1.29 is 14.0 Å². The Labute approximate surface area is 185 Å². The van der Waals surface area contributed by atoms with Gasteiger partial charge in [-0.25, -0.2) is 0 Å². The molecule has 0 spiro atoms. The van der Waals surface area contributed by atoms with Gasteiger partial charge in [-0.15, -0.1) is 0 Å². The molecule has 0 aromatic heterocycles. The number of hydrogen-bond acceptors (Lipinski definition) is 4. The lowest BCUT2D eigenvalue weighted by atomic mass is 10.1. The van der Waals surface area contributed by atoms with Gasteiger partial charge in [0, 0.05) is 12.2 Å². The molecule has 2 aromatic rings. The third-order valence-corrected chi connectivity index (χ3v) is 5.37. The van der Waals surface area contributed by atoms with Gasteiger partial charge in [-0.2, -0.15) is 10.1 Å². The van der Waals surface area contributed by atoms with Crippen LogP contribution in [0.4, 0.5) is 11.4 Å². The molecule has 0 fully saturated rings. The average molecular weight is 422 g/mol. The molecule has 0 saturated heterocycles. The summed E-state index contributed by atoms with van der Waals surface area (Å²) in [5, 5.41) is 5.99. The van der Waals surface area contributed by atoms with E-state index in [0.29, 0.717) is 11.3 Å². The minimum Gasteiger partial charge on any atom is -0.497 e. The largest absolute Gasteiger partial charge is 0.497 e. The van der Waals surface area contributed by atoms with Crippen LogP contribution in [0.2, 0.25) is 0 Å². The first-order chi connectivity index (χ1) is 14.7. The highest BCUT2D eigenvalue weighted by molar-refractivity contribution is 6.32. The Morgan fingerprint density at radius 1 is 1.06 bits per heavy atom. The van der Waals surface area contributed by atoms with Gasteiger partial charge in [0.1, 0.15) is 5.75 Å². The third kappa shape index (κ3) is 5.52. The standard InChI is InChI=1S/C25H33N4O2/c1-7-27(16-17-29(3,4)5)21-10-12-22(13-11-21)28-25(30)24(19(2)26-28)18-20-8-14-23(31-6)15-9-20/h8-15,18H,7,16-17H2,1-6H3/q+1. The van der Waals surface area contributed by atoms with Crippen molar-refractivity contribution in [3.63, 3.8) is 0 Å². The Hall–Kier alpha value is -3.12. The molecule has 6 nitrogen and oxygen atoms in total. The van der Waals surface area contributed by atoms with Crippen molar-refractivity contribution >= 4 is 29.1 Å². The minimum atomic E-state index is -0.113. The van der Waals surface area contributed by atoms with Crippen LogP contribution in [0, 0.1) is 0 Å². The number of methoxy groups -OCH3 is 1. The first-order valence-corrected chi connectivity index (χ1v) is 10.6. The van der Waals surface area contributed by atoms with Crippen molar-refractivity contribution in [2.24, 2.45) is 5.10 Å². The summed E-state index contributed by atoms with van der Waals surface area (Å²) >= 11 is 0. The molecule has 0 bridgehead atoms. The van der Waals surface area contributed by atoms with E-state index in [0.717, 1.165) is 46.8 Å². The third-order valence-electron chi connectivity index (χ3n) is 5.37. The highest BCUT2D eigenvalue weighted by Gasteiger charge is 2.28. The molecule has 0 saturated carbocycles. The van der Waals surface area contributed by atoms with Crippen LogP contribution in [0.15, 0.2) is 59.2 Å². The molecule has 0 N–H and O–H groups in total. The summed E-state index contributed by atoms with van der Waals surface area (Å²) in [4.78, 5) is 15.4. The van der Waals surface area contributed by atoms with E-state index < -0.39 is 0 Å². The first kappa shape index (κ1) is 22.6. The minimum absolute atomic E-state index is 0.113. The quantitative estimate of drug-likeness (QED) is 0.477. The lowest BCUT2D eigenvalue weighted by Crippen LogP contribution is -2.42. The van der Waals surface area contributed by atoms with E-state index in [2.05, 4.69) is 50.2 Å². The summed E-state index contributed by atoms with van der Waals surface area (Å²) in [5.41, 5.74) is 4.18. The van der Waals surface area contributed by atoms with Gasteiger partial charge in [-0.05, 0) is 61.9 Å². The molecule has 2 aromatic carbocycles. The van der Waals surface area contributed by atoms with Crippen LogP contribution >= 0.6 is 0 Å². The fraction of sp³-hybridized carbons (Fsp3) is 0.360. The molecular weight excluding hydrogens is 388 g/mol. The molecule has 31 heavy (non-hydrogen) atoms. The number of ether oxygens (including phenoxy) is 1. The number of likely N-dealkylation sites (N-methyl/N-ethyl adjacent to an activating group) is 2. The molecule has 0 radical (unpaired) electrons. The lowest BCUT2D eigenvalue weighted by molar-refractivity contribution is -0.868. The average Bonchev–Trinajstić information content (AvgIpc) is 3.02. The zero-order valence-electron chi connectivity index (χ0n) is 19.4. The van der Waals surface area contributed by atoms with Gasteiger partial charge in [-0.1, -0.05) is 12.1 Å². The maximum absolute atomic E-state index is 13.0. The maximum Gasteiger partial charge on any atom is 0.280 e. The molecule has 3 rings (SSSR count). The van der Waals surface area contributed by atoms with Crippen molar-refractivity contribution in [2.75, 3.05) is 57.8 Å². The zero-order valence-corrected chi connectivity index (χ0v) is 19.4. The summed E-state index contributed by atoms with van der Waals surface area (Å²) < 4.78 is 6.12. The molecule has 1 aliphatic rings. The first-order valence-electron chi connectivity index (χ1n) is 10.6. The molecule has 1 amide bonds. The van der Waals surface area contributed by atoms with Crippen LogP contribution in [-0.4, -0.2) is 64.0 Å². The van der Waals surface area contributed by atoms with E-state index in [-0.39, 0.29) is 5.91 Å². The molecular formula is C25H33N4O2+. The van der Waals surface area contributed by atoms with Crippen molar-refractivity contribution in [3.05, 3.63) is 59.7 Å². The number of hydrazone groups is 1.